The maximum absolute atomic E-state index is 13.8. The van der Waals surface area contributed by atoms with Crippen LogP contribution in [0.4, 0.5) is 4.48 Å². The molecule has 0 atom stereocenters. The Morgan fingerprint density at radius 2 is 1.88 bits per heavy atom. The van der Waals surface area contributed by atoms with E-state index in [9.17, 15) is 9.28 Å². The summed E-state index contributed by atoms with van der Waals surface area (Å²) < 4.78 is 13.8. The molecule has 0 aromatic heterocycles. The molecule has 0 unspecified atom stereocenters. The quantitative estimate of drug-likeness (QED) is 0.773. The fraction of sp³-hybridized carbons (Fsp3) is 0.417. The Kier molecular flexibility index (Phi) is 3.51. The Balaban J connectivity index is 2.04. The lowest BCUT2D eigenvalue weighted by Gasteiger charge is -2.27. The summed E-state index contributed by atoms with van der Waals surface area (Å²) >= 11 is 0. The highest BCUT2D eigenvalue weighted by Gasteiger charge is 2.26. The van der Waals surface area contributed by atoms with Gasteiger partial charge in [-0.05, 0) is 38.1 Å². The maximum Gasteiger partial charge on any atom is 0.281 e. The molecule has 86 valence electrons. The number of nitrogens with one attached hydrogen (secondary N) is 1. The topological polar surface area (TPSA) is 32.3 Å². The minimum Gasteiger partial charge on any atom is -0.317 e. The van der Waals surface area contributed by atoms with Crippen LogP contribution >= 0.6 is 0 Å². The summed E-state index contributed by atoms with van der Waals surface area (Å²) in [6.07, 6.45) is 1.35. The first kappa shape index (κ1) is 11.1. The van der Waals surface area contributed by atoms with Crippen LogP contribution in [0.3, 0.4) is 0 Å². The van der Waals surface area contributed by atoms with Crippen molar-refractivity contribution in [1.82, 2.24) is 10.4 Å². The first-order chi connectivity index (χ1) is 7.79. The number of carbonyl (C=O) groups excluding carboxylic acids is 1. The zero-order valence-electron chi connectivity index (χ0n) is 9.03. The molecule has 16 heavy (non-hydrogen) atoms. The molecule has 1 aliphatic rings. The maximum atomic E-state index is 13.8. The smallest absolute Gasteiger partial charge is 0.281 e. The molecular formula is C12H15FN2O. The number of benzene rings is 1. The van der Waals surface area contributed by atoms with Crippen molar-refractivity contribution >= 4 is 5.91 Å². The Hall–Kier alpha value is -1.42. The molecule has 1 N–H and O–H groups in total. The fourth-order valence-corrected chi connectivity index (χ4v) is 1.90. The van der Waals surface area contributed by atoms with Crippen molar-refractivity contribution in [2.75, 3.05) is 13.1 Å². The summed E-state index contributed by atoms with van der Waals surface area (Å²) in [6, 6.07) is 8.28. The predicted molar refractivity (Wildman–Crippen MR) is 59.6 cm³/mol. The zero-order chi connectivity index (χ0) is 11.4. The van der Waals surface area contributed by atoms with Gasteiger partial charge in [0.2, 0.25) is 0 Å². The summed E-state index contributed by atoms with van der Waals surface area (Å²) in [4.78, 5) is 11.8. The fourth-order valence-electron chi connectivity index (χ4n) is 1.90. The average molecular weight is 222 g/mol. The van der Waals surface area contributed by atoms with Crippen LogP contribution in [0, 0.1) is 0 Å². The number of nitrogens with zero attached hydrogens (tertiary/aromatic N) is 1. The molecule has 1 aromatic rings. The van der Waals surface area contributed by atoms with Gasteiger partial charge in [0, 0.05) is 5.56 Å². The molecule has 0 radical (unpaired) electrons. The molecule has 0 bridgehead atoms. The van der Waals surface area contributed by atoms with Crippen molar-refractivity contribution in [3.8, 4) is 0 Å². The third-order valence-corrected chi connectivity index (χ3v) is 2.84. The van der Waals surface area contributed by atoms with Crippen molar-refractivity contribution in [3.05, 3.63) is 35.9 Å². The van der Waals surface area contributed by atoms with Gasteiger partial charge in [-0.1, -0.05) is 22.7 Å². The SMILES string of the molecule is O=C(c1ccccc1)N(F)C1CCNCC1. The lowest BCUT2D eigenvalue weighted by atomic mass is 10.1. The summed E-state index contributed by atoms with van der Waals surface area (Å²) in [5.41, 5.74) is 0.406. The second kappa shape index (κ2) is 5.07. The standard InChI is InChI=1S/C12H15FN2O/c13-15(11-6-8-14-9-7-11)12(16)10-4-2-1-3-5-10/h1-5,11,14H,6-9H2. The number of carbonyl (C=O) groups is 1. The van der Waals surface area contributed by atoms with E-state index in [1.807, 2.05) is 6.07 Å². The molecule has 1 aromatic carbocycles. The predicted octanol–water partition coefficient (Wildman–Crippen LogP) is 1.77. The van der Waals surface area contributed by atoms with E-state index in [2.05, 4.69) is 5.32 Å². The molecule has 3 nitrogen and oxygen atoms in total. The zero-order valence-corrected chi connectivity index (χ0v) is 9.03. The van der Waals surface area contributed by atoms with Gasteiger partial charge in [0.15, 0.2) is 0 Å². The van der Waals surface area contributed by atoms with E-state index in [0.29, 0.717) is 23.5 Å². The Labute approximate surface area is 94.2 Å². The molecule has 0 aliphatic carbocycles. The van der Waals surface area contributed by atoms with Crippen LogP contribution in [0.5, 0.6) is 0 Å². The second-order valence-electron chi connectivity index (χ2n) is 3.96. The van der Waals surface area contributed by atoms with Gasteiger partial charge in [-0.2, -0.15) is 5.12 Å². The number of hydrogen-bond acceptors (Lipinski definition) is 2. The van der Waals surface area contributed by atoms with Gasteiger partial charge in [-0.3, -0.25) is 4.79 Å². The molecule has 1 saturated heterocycles. The van der Waals surface area contributed by atoms with E-state index < -0.39 is 5.91 Å². The lowest BCUT2D eigenvalue weighted by Crippen LogP contribution is -2.41. The Bertz CT molecular complexity index is 349. The van der Waals surface area contributed by atoms with Crippen molar-refractivity contribution < 1.29 is 9.28 Å². The van der Waals surface area contributed by atoms with Crippen LogP contribution in [-0.4, -0.2) is 30.2 Å². The van der Waals surface area contributed by atoms with E-state index in [1.165, 1.54) is 0 Å². The average Bonchev–Trinajstić information content (AvgIpc) is 2.39. The molecular weight excluding hydrogens is 207 g/mol. The third kappa shape index (κ3) is 2.39. The van der Waals surface area contributed by atoms with Crippen LogP contribution in [0.25, 0.3) is 0 Å². The van der Waals surface area contributed by atoms with Crippen LogP contribution in [-0.2, 0) is 0 Å². The molecule has 0 saturated carbocycles. The van der Waals surface area contributed by atoms with Crippen LogP contribution in [0.15, 0.2) is 30.3 Å². The van der Waals surface area contributed by atoms with Crippen molar-refractivity contribution in [3.63, 3.8) is 0 Å². The first-order valence-corrected chi connectivity index (χ1v) is 5.54. The number of hydrogen-bond donors (Lipinski definition) is 1. The van der Waals surface area contributed by atoms with Crippen molar-refractivity contribution in [1.29, 1.82) is 0 Å². The largest absolute Gasteiger partial charge is 0.317 e. The first-order valence-electron chi connectivity index (χ1n) is 5.54. The third-order valence-electron chi connectivity index (χ3n) is 2.84. The van der Waals surface area contributed by atoms with Crippen LogP contribution < -0.4 is 5.32 Å². The van der Waals surface area contributed by atoms with Gasteiger partial charge < -0.3 is 5.32 Å². The highest BCUT2D eigenvalue weighted by atomic mass is 19.2. The molecule has 1 amide bonds. The summed E-state index contributed by atoms with van der Waals surface area (Å²) in [5, 5.41) is 3.53. The second-order valence-corrected chi connectivity index (χ2v) is 3.96. The number of amides is 1. The van der Waals surface area contributed by atoms with E-state index in [4.69, 9.17) is 0 Å². The van der Waals surface area contributed by atoms with Gasteiger partial charge in [-0.15, -0.1) is 0 Å². The van der Waals surface area contributed by atoms with E-state index >= 15 is 0 Å². The van der Waals surface area contributed by atoms with E-state index in [0.717, 1.165) is 13.1 Å². The molecule has 1 fully saturated rings. The minimum atomic E-state index is -0.535. The molecule has 4 heteroatoms. The van der Waals surface area contributed by atoms with Gasteiger partial charge >= 0.3 is 0 Å². The Morgan fingerprint density at radius 1 is 1.25 bits per heavy atom. The molecule has 1 aliphatic heterocycles. The van der Waals surface area contributed by atoms with Gasteiger partial charge in [0.05, 0.1) is 6.04 Å². The van der Waals surface area contributed by atoms with Gasteiger partial charge in [0.1, 0.15) is 0 Å². The van der Waals surface area contributed by atoms with Crippen LogP contribution in [0.2, 0.25) is 0 Å². The minimum absolute atomic E-state index is 0.283. The number of piperidine rings is 1. The van der Waals surface area contributed by atoms with Crippen molar-refractivity contribution in [2.45, 2.75) is 18.9 Å². The molecule has 1 heterocycles. The highest BCUT2D eigenvalue weighted by Crippen LogP contribution is 2.15. The van der Waals surface area contributed by atoms with Crippen molar-refractivity contribution in [2.24, 2.45) is 0 Å². The van der Waals surface area contributed by atoms with Gasteiger partial charge in [0.25, 0.3) is 5.91 Å². The van der Waals surface area contributed by atoms with E-state index in [1.54, 1.807) is 24.3 Å². The van der Waals surface area contributed by atoms with Gasteiger partial charge in [-0.25, -0.2) is 0 Å². The number of rotatable bonds is 2. The summed E-state index contributed by atoms with van der Waals surface area (Å²) in [7, 11) is 0. The monoisotopic (exact) mass is 222 g/mol. The summed E-state index contributed by atoms with van der Waals surface area (Å²) in [6.45, 7) is 1.54. The lowest BCUT2D eigenvalue weighted by molar-refractivity contribution is -0.0143. The number of halogens is 1. The normalized spacial score (nSPS) is 17.1. The van der Waals surface area contributed by atoms with E-state index in [-0.39, 0.29) is 6.04 Å². The van der Waals surface area contributed by atoms with Crippen LogP contribution in [0.1, 0.15) is 23.2 Å². The summed E-state index contributed by atoms with van der Waals surface area (Å²) in [5.74, 6) is -0.535. The molecule has 0 spiro atoms. The Morgan fingerprint density at radius 3 is 2.50 bits per heavy atom. The molecule has 2 rings (SSSR count). The highest BCUT2D eigenvalue weighted by molar-refractivity contribution is 5.93.